The Kier molecular flexibility index (Phi) is 7.20. The zero-order valence-corrected chi connectivity index (χ0v) is 31.8. The number of fused-ring (bicyclic) bond motifs is 10. The lowest BCUT2D eigenvalue weighted by atomic mass is 9.99. The Hall–Kier alpha value is -7.50. The van der Waals surface area contributed by atoms with Crippen LogP contribution >= 0.6 is 0 Å². The number of aromatic nitrogens is 2. The average Bonchev–Trinajstić information content (AvgIpc) is 3.91. The monoisotopic (exact) mass is 744 g/mol. The second-order valence-corrected chi connectivity index (χ2v) is 15.4. The maximum atomic E-state index is 6.61. The van der Waals surface area contributed by atoms with Crippen molar-refractivity contribution in [3.8, 4) is 5.69 Å². The number of aliphatic imine (C=N–C) groups is 2. The fraction of sp³-hybridized carbons (Fsp3) is 0.0566. The van der Waals surface area contributed by atoms with Gasteiger partial charge in [0.05, 0.1) is 33.5 Å². The van der Waals surface area contributed by atoms with Crippen LogP contribution in [0.15, 0.2) is 196 Å². The maximum absolute atomic E-state index is 6.61. The summed E-state index contributed by atoms with van der Waals surface area (Å²) in [5.74, 6) is 1.69. The first-order valence-electron chi connectivity index (χ1n) is 20.0. The van der Waals surface area contributed by atoms with Crippen molar-refractivity contribution in [2.24, 2.45) is 15.9 Å². The molecule has 5 nitrogen and oxygen atoms in total. The van der Waals surface area contributed by atoms with Crippen LogP contribution in [-0.4, -0.2) is 20.8 Å². The van der Waals surface area contributed by atoms with Crippen LogP contribution in [0.4, 0.5) is 0 Å². The van der Waals surface area contributed by atoms with Crippen LogP contribution in [0.2, 0.25) is 0 Å². The molecule has 0 saturated carbocycles. The van der Waals surface area contributed by atoms with Crippen molar-refractivity contribution in [2.75, 3.05) is 0 Å². The number of hydrogen-bond acceptors (Lipinski definition) is 3. The van der Waals surface area contributed by atoms with E-state index in [1.54, 1.807) is 0 Å². The Bertz CT molecular complexity index is 3500. The van der Waals surface area contributed by atoms with Gasteiger partial charge in [-0.1, -0.05) is 140 Å². The summed E-state index contributed by atoms with van der Waals surface area (Å²) in [6.07, 6.45) is 3.04. The van der Waals surface area contributed by atoms with E-state index in [0.717, 1.165) is 78.8 Å². The standard InChI is InChI=1S/C53H36N4O/c1-33-27-28-44(54-52(34-15-3-2-4-16-34)55-53(33)57-46-24-12-7-19-37(46)38-20-8-13-25-47(38)57)43-32-51-42(40-22-10-14-26-50(40)58-51)31-49(43)56-45-23-11-9-21-39(45)41-29-35-17-5-6-18-36(35)30-48(41)56/h2-26,28-33H,27H2,1H3/b44-28+,54-52-,55-53+/t33-/m1/s1. The van der Waals surface area contributed by atoms with Gasteiger partial charge in [-0.3, -0.25) is 4.57 Å². The molecule has 12 rings (SSSR count). The highest BCUT2D eigenvalue weighted by atomic mass is 16.3. The lowest BCUT2D eigenvalue weighted by molar-refractivity contribution is 0.668. The number of nitrogens with zero attached hydrogens (tertiary/aromatic N) is 4. The third-order valence-corrected chi connectivity index (χ3v) is 11.9. The molecule has 1 aliphatic rings. The molecule has 0 aliphatic carbocycles. The molecule has 0 fully saturated rings. The molecule has 0 bridgehead atoms. The molecule has 0 unspecified atom stereocenters. The van der Waals surface area contributed by atoms with Crippen molar-refractivity contribution in [3.63, 3.8) is 0 Å². The molecule has 0 radical (unpaired) electrons. The van der Waals surface area contributed by atoms with E-state index in [9.17, 15) is 0 Å². The lowest BCUT2D eigenvalue weighted by Crippen LogP contribution is -2.23. The minimum Gasteiger partial charge on any atom is -0.456 e. The normalized spacial score (nSPS) is 17.7. The summed E-state index contributed by atoms with van der Waals surface area (Å²) < 4.78 is 11.4. The van der Waals surface area contributed by atoms with Gasteiger partial charge in [0.1, 0.15) is 17.0 Å². The number of para-hydroxylation sites is 4. The zero-order chi connectivity index (χ0) is 38.3. The molecular formula is C53H36N4O. The van der Waals surface area contributed by atoms with E-state index in [2.05, 4.69) is 186 Å². The van der Waals surface area contributed by atoms with Gasteiger partial charge in [0, 0.05) is 49.4 Å². The Morgan fingerprint density at radius 1 is 0.483 bits per heavy atom. The highest BCUT2D eigenvalue weighted by molar-refractivity contribution is 6.19. The number of allylic oxidation sites excluding steroid dienone is 1. The Morgan fingerprint density at radius 3 is 1.79 bits per heavy atom. The smallest absolute Gasteiger partial charge is 0.161 e. The van der Waals surface area contributed by atoms with Gasteiger partial charge in [0.15, 0.2) is 5.84 Å². The van der Waals surface area contributed by atoms with Crippen LogP contribution in [0, 0.1) is 5.92 Å². The quantitative estimate of drug-likeness (QED) is 0.178. The molecule has 5 heteroatoms. The Balaban J connectivity index is 1.16. The van der Waals surface area contributed by atoms with Crippen molar-refractivity contribution < 1.29 is 4.42 Å². The summed E-state index contributed by atoms with van der Waals surface area (Å²) in [6.45, 7) is 2.28. The summed E-state index contributed by atoms with van der Waals surface area (Å²) in [6, 6.07) is 62.5. The number of rotatable bonds is 3. The molecule has 11 aromatic rings. The van der Waals surface area contributed by atoms with E-state index < -0.39 is 0 Å². The van der Waals surface area contributed by atoms with E-state index in [1.807, 2.05) is 12.1 Å². The summed E-state index contributed by atoms with van der Waals surface area (Å²) in [7, 11) is 0. The first kappa shape index (κ1) is 32.7. The average molecular weight is 745 g/mol. The molecule has 58 heavy (non-hydrogen) atoms. The van der Waals surface area contributed by atoms with Crippen molar-refractivity contribution >= 4 is 93.7 Å². The summed E-state index contributed by atoms with van der Waals surface area (Å²) in [4.78, 5) is 11.2. The molecule has 4 heterocycles. The first-order valence-corrected chi connectivity index (χ1v) is 20.0. The molecule has 274 valence electrons. The van der Waals surface area contributed by atoms with E-state index >= 15 is 0 Å². The molecule has 0 spiro atoms. The second kappa shape index (κ2) is 12.8. The lowest BCUT2D eigenvalue weighted by Gasteiger charge is -2.21. The van der Waals surface area contributed by atoms with E-state index in [0.29, 0.717) is 5.84 Å². The van der Waals surface area contributed by atoms with E-state index in [4.69, 9.17) is 14.4 Å². The summed E-state index contributed by atoms with van der Waals surface area (Å²) in [5, 5.41) is 9.43. The van der Waals surface area contributed by atoms with Crippen LogP contribution in [-0.2, 0) is 0 Å². The van der Waals surface area contributed by atoms with Crippen molar-refractivity contribution in [1.29, 1.82) is 0 Å². The predicted molar refractivity (Wildman–Crippen MR) is 243 cm³/mol. The van der Waals surface area contributed by atoms with E-state index in [1.165, 1.54) is 32.3 Å². The van der Waals surface area contributed by atoms with Gasteiger partial charge in [-0.05, 0) is 65.7 Å². The molecule has 0 saturated heterocycles. The topological polar surface area (TPSA) is 47.7 Å². The van der Waals surface area contributed by atoms with Gasteiger partial charge in [-0.25, -0.2) is 9.98 Å². The van der Waals surface area contributed by atoms with Gasteiger partial charge in [0.2, 0.25) is 0 Å². The van der Waals surface area contributed by atoms with Gasteiger partial charge < -0.3 is 8.98 Å². The van der Waals surface area contributed by atoms with Gasteiger partial charge in [-0.2, -0.15) is 0 Å². The highest BCUT2D eigenvalue weighted by Gasteiger charge is 2.25. The second-order valence-electron chi connectivity index (χ2n) is 15.4. The predicted octanol–water partition coefficient (Wildman–Crippen LogP) is 13.7. The maximum Gasteiger partial charge on any atom is 0.161 e. The summed E-state index contributed by atoms with van der Waals surface area (Å²) >= 11 is 0. The largest absolute Gasteiger partial charge is 0.456 e. The van der Waals surface area contributed by atoms with Crippen LogP contribution < -0.4 is 0 Å². The number of hydrogen-bond donors (Lipinski definition) is 0. The number of benzene rings is 8. The van der Waals surface area contributed by atoms with E-state index in [-0.39, 0.29) is 5.92 Å². The molecular weight excluding hydrogens is 709 g/mol. The highest BCUT2D eigenvalue weighted by Crippen LogP contribution is 2.41. The molecule has 3 aromatic heterocycles. The Morgan fingerprint density at radius 2 is 1.07 bits per heavy atom. The van der Waals surface area contributed by atoms with Gasteiger partial charge in [0.25, 0.3) is 0 Å². The number of furan rings is 1. The third kappa shape index (κ3) is 4.96. The fourth-order valence-corrected chi connectivity index (χ4v) is 9.19. The SMILES string of the molecule is C[C@@H]1C/C=C(c2cc3oc4ccccc4c3cc2-n2c3ccccc3c3cc4ccccc4cc32)/N=C(c2ccccc2)\N=C/1n1c2ccccc2c2ccccc21. The number of amidine groups is 1. The molecule has 0 amide bonds. The van der Waals surface area contributed by atoms with Crippen molar-refractivity contribution in [2.45, 2.75) is 13.3 Å². The molecule has 8 aromatic carbocycles. The van der Waals surface area contributed by atoms with Crippen molar-refractivity contribution in [3.05, 3.63) is 193 Å². The molecule has 1 aliphatic heterocycles. The van der Waals surface area contributed by atoms with Crippen LogP contribution in [0.25, 0.3) is 87.7 Å². The fourth-order valence-electron chi connectivity index (χ4n) is 9.19. The summed E-state index contributed by atoms with van der Waals surface area (Å²) in [5.41, 5.74) is 10.1. The van der Waals surface area contributed by atoms with Crippen LogP contribution in [0.5, 0.6) is 0 Å². The third-order valence-electron chi connectivity index (χ3n) is 11.9. The van der Waals surface area contributed by atoms with Gasteiger partial charge in [-0.15, -0.1) is 0 Å². The zero-order valence-electron chi connectivity index (χ0n) is 31.8. The first-order chi connectivity index (χ1) is 28.7. The van der Waals surface area contributed by atoms with Crippen LogP contribution in [0.3, 0.4) is 0 Å². The van der Waals surface area contributed by atoms with Crippen LogP contribution in [0.1, 0.15) is 24.5 Å². The minimum atomic E-state index is 0.0569. The molecule has 1 atom stereocenters. The minimum absolute atomic E-state index is 0.0569. The van der Waals surface area contributed by atoms with Crippen molar-refractivity contribution in [1.82, 2.24) is 9.13 Å². The van der Waals surface area contributed by atoms with Gasteiger partial charge >= 0.3 is 0 Å². The Labute approximate surface area is 334 Å². The molecule has 0 N–H and O–H groups in total.